The van der Waals surface area contributed by atoms with Gasteiger partial charge in [-0.1, -0.05) is 0 Å². The van der Waals surface area contributed by atoms with E-state index < -0.39 is 5.97 Å². The van der Waals surface area contributed by atoms with Crippen LogP contribution in [0.5, 0.6) is 0 Å². The molecule has 0 unspecified atom stereocenters. The molecule has 1 aromatic rings. The zero-order valence-electron chi connectivity index (χ0n) is 9.49. The van der Waals surface area contributed by atoms with Gasteiger partial charge in [0.05, 0.1) is 19.5 Å². The quantitative estimate of drug-likeness (QED) is 0.534. The first-order valence-electron chi connectivity index (χ1n) is 5.06. The Labute approximate surface area is 94.4 Å². The van der Waals surface area contributed by atoms with Crippen LogP contribution in [0.1, 0.15) is 16.9 Å². The molecule has 0 fully saturated rings. The second-order valence-electron chi connectivity index (χ2n) is 3.16. The van der Waals surface area contributed by atoms with E-state index in [0.717, 1.165) is 19.5 Å². The van der Waals surface area contributed by atoms with Gasteiger partial charge in [-0.3, -0.25) is 0 Å². The lowest BCUT2D eigenvalue weighted by Gasteiger charge is -2.04. The molecule has 88 valence electrons. The van der Waals surface area contributed by atoms with Crippen molar-refractivity contribution < 1.29 is 9.53 Å². The first kappa shape index (κ1) is 12.4. The molecule has 6 nitrogen and oxygen atoms in total. The zero-order chi connectivity index (χ0) is 11.8. The van der Waals surface area contributed by atoms with E-state index in [4.69, 9.17) is 0 Å². The molecule has 0 radical (unpaired) electrons. The normalized spacial score (nSPS) is 9.88. The van der Waals surface area contributed by atoms with E-state index >= 15 is 0 Å². The fraction of sp³-hybridized carbons (Fsp3) is 0.500. The number of rotatable bonds is 6. The van der Waals surface area contributed by atoms with E-state index in [2.05, 4.69) is 25.3 Å². The summed E-state index contributed by atoms with van der Waals surface area (Å²) < 4.78 is 4.52. The second kappa shape index (κ2) is 6.73. The first-order chi connectivity index (χ1) is 7.77. The highest BCUT2D eigenvalue weighted by Gasteiger charge is 2.06. The zero-order valence-corrected chi connectivity index (χ0v) is 9.49. The molecule has 0 atom stereocenters. The van der Waals surface area contributed by atoms with Crippen LogP contribution < -0.4 is 10.6 Å². The summed E-state index contributed by atoms with van der Waals surface area (Å²) in [6.45, 7) is 1.76. The average molecular weight is 224 g/mol. The van der Waals surface area contributed by atoms with Gasteiger partial charge in [0.25, 0.3) is 0 Å². The third-order valence-electron chi connectivity index (χ3n) is 1.96. The molecule has 0 saturated heterocycles. The molecule has 0 aromatic carbocycles. The number of anilines is 1. The molecule has 6 heteroatoms. The van der Waals surface area contributed by atoms with Crippen molar-refractivity contribution in [3.63, 3.8) is 0 Å². The van der Waals surface area contributed by atoms with Crippen LogP contribution >= 0.6 is 0 Å². The van der Waals surface area contributed by atoms with Crippen molar-refractivity contribution >= 4 is 11.8 Å². The molecule has 0 amide bonds. The summed E-state index contributed by atoms with van der Waals surface area (Å²) in [6.07, 6.45) is 3.91. The topological polar surface area (TPSA) is 76.1 Å². The van der Waals surface area contributed by atoms with E-state index in [0.29, 0.717) is 5.82 Å². The lowest BCUT2D eigenvalue weighted by atomic mass is 10.4. The Kier molecular flexibility index (Phi) is 5.21. The number of methoxy groups -OCH3 is 1. The van der Waals surface area contributed by atoms with Crippen LogP contribution in [0, 0.1) is 0 Å². The summed E-state index contributed by atoms with van der Waals surface area (Å²) in [7, 11) is 3.22. The van der Waals surface area contributed by atoms with Crippen molar-refractivity contribution in [1.82, 2.24) is 15.3 Å². The third kappa shape index (κ3) is 3.82. The summed E-state index contributed by atoms with van der Waals surface area (Å²) in [5, 5.41) is 6.15. The van der Waals surface area contributed by atoms with Crippen LogP contribution in [0.15, 0.2) is 12.4 Å². The largest absolute Gasteiger partial charge is 0.464 e. The van der Waals surface area contributed by atoms with Crippen molar-refractivity contribution in [3.05, 3.63) is 18.1 Å². The van der Waals surface area contributed by atoms with Gasteiger partial charge < -0.3 is 15.4 Å². The maximum Gasteiger partial charge on any atom is 0.358 e. The van der Waals surface area contributed by atoms with E-state index in [1.54, 1.807) is 0 Å². The molecule has 0 aliphatic rings. The van der Waals surface area contributed by atoms with Crippen molar-refractivity contribution in [1.29, 1.82) is 0 Å². The van der Waals surface area contributed by atoms with Gasteiger partial charge in [0.1, 0.15) is 5.82 Å². The molecule has 0 saturated carbocycles. The monoisotopic (exact) mass is 224 g/mol. The van der Waals surface area contributed by atoms with E-state index in [1.807, 2.05) is 7.05 Å². The Hall–Kier alpha value is -1.69. The molecular weight excluding hydrogens is 208 g/mol. The summed E-state index contributed by atoms with van der Waals surface area (Å²) in [5.41, 5.74) is 0.211. The van der Waals surface area contributed by atoms with Crippen LogP contribution in [0.4, 0.5) is 5.82 Å². The van der Waals surface area contributed by atoms with Gasteiger partial charge in [0.2, 0.25) is 0 Å². The Morgan fingerprint density at radius 2 is 2.19 bits per heavy atom. The third-order valence-corrected chi connectivity index (χ3v) is 1.96. The first-order valence-corrected chi connectivity index (χ1v) is 5.06. The van der Waals surface area contributed by atoms with Crippen molar-refractivity contribution in [2.45, 2.75) is 6.42 Å². The summed E-state index contributed by atoms with van der Waals surface area (Å²) >= 11 is 0. The fourth-order valence-electron chi connectivity index (χ4n) is 1.11. The molecule has 0 bridgehead atoms. The second-order valence-corrected chi connectivity index (χ2v) is 3.16. The number of carbonyl (C=O) groups is 1. The highest BCUT2D eigenvalue weighted by Crippen LogP contribution is 2.01. The van der Waals surface area contributed by atoms with E-state index in [-0.39, 0.29) is 5.69 Å². The number of ether oxygens (including phenoxy) is 1. The predicted molar refractivity (Wildman–Crippen MR) is 60.4 cm³/mol. The number of nitrogens with zero attached hydrogens (tertiary/aromatic N) is 2. The van der Waals surface area contributed by atoms with Crippen LogP contribution in [0.3, 0.4) is 0 Å². The number of hydrogen-bond donors (Lipinski definition) is 2. The van der Waals surface area contributed by atoms with Crippen LogP contribution in [0.25, 0.3) is 0 Å². The number of esters is 1. The Bertz CT molecular complexity index is 326. The summed E-state index contributed by atoms with van der Waals surface area (Å²) in [4.78, 5) is 19.1. The van der Waals surface area contributed by atoms with Gasteiger partial charge in [-0.2, -0.15) is 0 Å². The molecule has 0 aliphatic heterocycles. The highest BCUT2D eigenvalue weighted by atomic mass is 16.5. The standard InChI is InChI=1S/C10H16N4O2/c1-11-4-3-5-12-9-7-13-8(6-14-9)10(15)16-2/h6-7,11H,3-5H2,1-2H3,(H,12,14). The van der Waals surface area contributed by atoms with Crippen LogP contribution in [-0.2, 0) is 4.74 Å². The molecule has 0 aliphatic carbocycles. The SMILES string of the molecule is CNCCCNc1cnc(C(=O)OC)cn1. The number of nitrogens with one attached hydrogen (secondary N) is 2. The van der Waals surface area contributed by atoms with Crippen molar-refractivity contribution in [2.75, 3.05) is 32.6 Å². The molecular formula is C10H16N4O2. The molecule has 2 N–H and O–H groups in total. The highest BCUT2D eigenvalue weighted by molar-refractivity contribution is 5.86. The van der Waals surface area contributed by atoms with Gasteiger partial charge in [0.15, 0.2) is 5.69 Å². The van der Waals surface area contributed by atoms with Crippen LogP contribution in [-0.4, -0.2) is 43.2 Å². The fourth-order valence-corrected chi connectivity index (χ4v) is 1.11. The Balaban J connectivity index is 2.42. The van der Waals surface area contributed by atoms with Gasteiger partial charge in [-0.05, 0) is 20.0 Å². The van der Waals surface area contributed by atoms with E-state index in [9.17, 15) is 4.79 Å². The minimum Gasteiger partial charge on any atom is -0.464 e. The summed E-state index contributed by atoms with van der Waals surface area (Å²) in [5.74, 6) is 0.179. The van der Waals surface area contributed by atoms with Gasteiger partial charge in [-0.25, -0.2) is 14.8 Å². The van der Waals surface area contributed by atoms with Crippen molar-refractivity contribution in [3.8, 4) is 0 Å². The molecule has 0 spiro atoms. The lowest BCUT2D eigenvalue weighted by Crippen LogP contribution is -2.13. The Morgan fingerprint density at radius 3 is 2.75 bits per heavy atom. The average Bonchev–Trinajstić information content (AvgIpc) is 2.34. The van der Waals surface area contributed by atoms with Crippen LogP contribution in [0.2, 0.25) is 0 Å². The lowest BCUT2D eigenvalue weighted by molar-refractivity contribution is 0.0593. The van der Waals surface area contributed by atoms with Crippen molar-refractivity contribution in [2.24, 2.45) is 0 Å². The smallest absolute Gasteiger partial charge is 0.358 e. The van der Waals surface area contributed by atoms with Gasteiger partial charge in [0, 0.05) is 6.54 Å². The number of carbonyl (C=O) groups excluding carboxylic acids is 1. The Morgan fingerprint density at radius 1 is 1.38 bits per heavy atom. The predicted octanol–water partition coefficient (Wildman–Crippen LogP) is 0.285. The summed E-state index contributed by atoms with van der Waals surface area (Å²) in [6, 6.07) is 0. The minimum atomic E-state index is -0.478. The molecule has 1 rings (SSSR count). The molecule has 16 heavy (non-hydrogen) atoms. The minimum absolute atomic E-state index is 0.211. The molecule has 1 aromatic heterocycles. The number of hydrogen-bond acceptors (Lipinski definition) is 6. The van der Waals surface area contributed by atoms with Gasteiger partial charge in [-0.15, -0.1) is 0 Å². The van der Waals surface area contributed by atoms with E-state index in [1.165, 1.54) is 19.5 Å². The van der Waals surface area contributed by atoms with Gasteiger partial charge >= 0.3 is 5.97 Å². The molecule has 1 heterocycles. The maximum atomic E-state index is 11.1. The maximum absolute atomic E-state index is 11.1. The number of aromatic nitrogens is 2.